The van der Waals surface area contributed by atoms with E-state index >= 15 is 0 Å². The van der Waals surface area contributed by atoms with Crippen LogP contribution in [0, 0.1) is 26.7 Å². The lowest BCUT2D eigenvalue weighted by Crippen LogP contribution is -2.36. The van der Waals surface area contributed by atoms with Gasteiger partial charge in [-0.1, -0.05) is 24.1 Å². The number of thiophene rings is 1. The molecular weight excluding hydrogens is 448 g/mol. The zero-order valence-electron chi connectivity index (χ0n) is 19.6. The molecule has 182 valence electrons. The van der Waals surface area contributed by atoms with Gasteiger partial charge in [-0.15, -0.1) is 11.3 Å². The second-order valence-corrected chi connectivity index (χ2v) is 9.42. The molecule has 0 radical (unpaired) electrons. The number of ether oxygens (including phenoxy) is 1. The molecule has 2 aromatic rings. The third kappa shape index (κ3) is 6.44. The van der Waals surface area contributed by atoms with Gasteiger partial charge in [0.25, 0.3) is 0 Å². The molecule has 2 atom stereocenters. The fourth-order valence-corrected chi connectivity index (χ4v) is 4.53. The smallest absolute Gasteiger partial charge is 0.247 e. The van der Waals surface area contributed by atoms with Gasteiger partial charge in [0.15, 0.2) is 5.00 Å². The Morgan fingerprint density at radius 1 is 1.27 bits per heavy atom. The van der Waals surface area contributed by atoms with E-state index in [0.717, 1.165) is 33.7 Å². The maximum absolute atomic E-state index is 11.1. The van der Waals surface area contributed by atoms with Crippen molar-refractivity contribution >= 4 is 22.2 Å². The molecule has 1 aromatic carbocycles. The number of anilines is 1. The van der Waals surface area contributed by atoms with Crippen molar-refractivity contribution < 1.29 is 34.5 Å². The van der Waals surface area contributed by atoms with Gasteiger partial charge in [-0.25, -0.2) is 4.84 Å². The summed E-state index contributed by atoms with van der Waals surface area (Å²) >= 11 is 1.55. The summed E-state index contributed by atoms with van der Waals surface area (Å²) in [5, 5.41) is 25.4. The minimum atomic E-state index is -0.906. The van der Waals surface area contributed by atoms with Crippen molar-refractivity contribution in [3.63, 3.8) is 0 Å². The van der Waals surface area contributed by atoms with E-state index in [1.807, 2.05) is 32.9 Å². The Labute approximate surface area is 197 Å². The molecule has 1 aliphatic heterocycles. The summed E-state index contributed by atoms with van der Waals surface area (Å²) in [5.41, 5.74) is 4.84. The number of nitrogens with zero attached hydrogens (tertiary/aromatic N) is 1. The predicted molar refractivity (Wildman–Crippen MR) is 124 cm³/mol. The number of rotatable bonds is 10. The molecule has 3 N–H and O–H groups in total. The van der Waals surface area contributed by atoms with E-state index in [4.69, 9.17) is 24.6 Å². The van der Waals surface area contributed by atoms with E-state index in [2.05, 4.69) is 24.5 Å². The summed E-state index contributed by atoms with van der Waals surface area (Å²) in [5.74, 6) is 0.643. The molecule has 3 rings (SSSR count). The largest absolute Gasteiger partial charge is 0.490 e. The highest BCUT2D eigenvalue weighted by Crippen LogP contribution is 2.39. The van der Waals surface area contributed by atoms with Gasteiger partial charge in [0.1, 0.15) is 25.1 Å². The summed E-state index contributed by atoms with van der Waals surface area (Å²) in [6.07, 6.45) is -0.647. The number of aliphatic hydroxyl groups excluding tert-OH is 2. The molecule has 9 nitrogen and oxygen atoms in total. The molecule has 1 saturated heterocycles. The first kappa shape index (κ1) is 25.4. The second-order valence-electron chi connectivity index (χ2n) is 8.57. The fourth-order valence-electron chi connectivity index (χ4n) is 3.53. The van der Waals surface area contributed by atoms with Gasteiger partial charge in [0.05, 0.1) is 0 Å². The van der Waals surface area contributed by atoms with Crippen molar-refractivity contribution in [3.8, 4) is 5.75 Å². The average molecular weight is 481 g/mol. The number of aliphatic hydroxyl groups is 2. The van der Waals surface area contributed by atoms with E-state index in [0.29, 0.717) is 11.7 Å². The van der Waals surface area contributed by atoms with Crippen LogP contribution in [0.25, 0.3) is 0 Å². The first-order valence-corrected chi connectivity index (χ1v) is 11.7. The topological polar surface area (TPSA) is 110 Å². The number of carbonyl (C=O) groups excluding carboxylic acids is 1. The molecule has 2 unspecified atom stereocenters. The minimum absolute atomic E-state index is 0.00355. The average Bonchev–Trinajstić information content (AvgIpc) is 3.38. The van der Waals surface area contributed by atoms with Crippen LogP contribution in [0.1, 0.15) is 48.0 Å². The van der Waals surface area contributed by atoms with Crippen LogP contribution in [0.2, 0.25) is 0 Å². The van der Waals surface area contributed by atoms with Gasteiger partial charge in [-0.2, -0.15) is 4.89 Å². The highest BCUT2D eigenvalue weighted by atomic mass is 32.1. The van der Waals surface area contributed by atoms with E-state index in [1.165, 1.54) is 10.8 Å². The van der Waals surface area contributed by atoms with E-state index < -0.39 is 24.9 Å². The van der Waals surface area contributed by atoms with Gasteiger partial charge in [-0.05, 0) is 72.9 Å². The highest BCUT2D eigenvalue weighted by molar-refractivity contribution is 7.14. The quantitative estimate of drug-likeness (QED) is 0.445. The maximum Gasteiger partial charge on any atom is 0.247 e. The van der Waals surface area contributed by atoms with Crippen LogP contribution in [0.15, 0.2) is 17.5 Å². The van der Waals surface area contributed by atoms with Gasteiger partial charge in [0, 0.05) is 12.1 Å². The minimum Gasteiger partial charge on any atom is -0.490 e. The lowest BCUT2D eigenvalue weighted by molar-refractivity contribution is -0.286. The molecule has 0 aliphatic carbocycles. The van der Waals surface area contributed by atoms with E-state index in [1.54, 1.807) is 11.3 Å². The van der Waals surface area contributed by atoms with Gasteiger partial charge < -0.3 is 20.3 Å². The lowest BCUT2D eigenvalue weighted by atomic mass is 10.0. The Morgan fingerprint density at radius 2 is 1.97 bits per heavy atom. The van der Waals surface area contributed by atoms with Crippen LogP contribution < -0.4 is 15.3 Å². The number of amides is 1. The van der Waals surface area contributed by atoms with Crippen molar-refractivity contribution in [3.05, 3.63) is 45.3 Å². The molecule has 1 fully saturated rings. The number of carbonyl (C=O) groups is 1. The summed E-state index contributed by atoms with van der Waals surface area (Å²) in [6, 6.07) is 3.76. The molecule has 1 aliphatic rings. The Morgan fingerprint density at radius 3 is 2.61 bits per heavy atom. The summed E-state index contributed by atoms with van der Waals surface area (Å²) in [4.78, 5) is 27.8. The third-order valence-electron chi connectivity index (χ3n) is 5.15. The zero-order chi connectivity index (χ0) is 24.1. The monoisotopic (exact) mass is 480 g/mol. The van der Waals surface area contributed by atoms with E-state index in [-0.39, 0.29) is 13.2 Å². The van der Waals surface area contributed by atoms with Crippen LogP contribution >= 0.6 is 11.3 Å². The molecule has 10 heteroatoms. The number of hydrogen-bond donors (Lipinski definition) is 3. The predicted octanol–water partition coefficient (Wildman–Crippen LogP) is 3.03. The molecule has 2 heterocycles. The van der Waals surface area contributed by atoms with Crippen LogP contribution in [-0.4, -0.2) is 42.0 Å². The maximum atomic E-state index is 11.1. The van der Waals surface area contributed by atoms with Crippen LogP contribution in [0.5, 0.6) is 5.75 Å². The van der Waals surface area contributed by atoms with Crippen molar-refractivity contribution in [2.75, 3.05) is 25.0 Å². The Balaban J connectivity index is 1.62. The lowest BCUT2D eigenvalue weighted by Gasteiger charge is -2.18. The van der Waals surface area contributed by atoms with Crippen molar-refractivity contribution in [2.45, 2.75) is 53.4 Å². The SMILES string of the molecule is Cc1cc(C2OON(c3scc(CC(C)C)c3C)O2)cc(C)c1OCC(O)CNC(=O)CO. The molecule has 1 amide bonds. The van der Waals surface area contributed by atoms with Crippen molar-refractivity contribution in [1.82, 2.24) is 5.32 Å². The van der Waals surface area contributed by atoms with Crippen molar-refractivity contribution in [2.24, 2.45) is 5.92 Å². The van der Waals surface area contributed by atoms with E-state index in [9.17, 15) is 9.90 Å². The summed E-state index contributed by atoms with van der Waals surface area (Å²) in [6.45, 7) is 9.57. The number of hydrogen-bond acceptors (Lipinski definition) is 9. The number of benzene rings is 1. The second kappa shape index (κ2) is 11.3. The molecule has 0 spiro atoms. The molecular formula is C23H32N2O7S. The van der Waals surface area contributed by atoms with Gasteiger partial charge in [-0.3, -0.25) is 4.79 Å². The Kier molecular flexibility index (Phi) is 8.69. The normalized spacial score (nSPS) is 17.0. The first-order valence-electron chi connectivity index (χ1n) is 10.9. The molecule has 0 saturated carbocycles. The fraction of sp³-hybridized carbons (Fsp3) is 0.522. The van der Waals surface area contributed by atoms with Crippen LogP contribution in [0.3, 0.4) is 0 Å². The molecule has 0 bridgehead atoms. The van der Waals surface area contributed by atoms with Crippen LogP contribution in [-0.2, 0) is 25.9 Å². The summed E-state index contributed by atoms with van der Waals surface area (Å²) in [7, 11) is 0. The molecule has 33 heavy (non-hydrogen) atoms. The zero-order valence-corrected chi connectivity index (χ0v) is 20.4. The summed E-state index contributed by atoms with van der Waals surface area (Å²) < 4.78 is 5.77. The molecule has 1 aromatic heterocycles. The third-order valence-corrected chi connectivity index (χ3v) is 6.23. The van der Waals surface area contributed by atoms with Gasteiger partial charge >= 0.3 is 0 Å². The standard InChI is InChI=1S/C23H32N2O7S/c1-13(2)6-18-12-33-22(16(18)5)25-30-23(31-32-25)17-7-14(3)21(15(4)8-17)29-11-19(27)9-24-20(28)10-26/h7-8,12-13,19,23,26-27H,6,9-11H2,1-5H3,(H,24,28). The van der Waals surface area contributed by atoms with Gasteiger partial charge in [0.2, 0.25) is 12.2 Å². The first-order chi connectivity index (χ1) is 15.7. The Hall–Kier alpha value is -2.21. The van der Waals surface area contributed by atoms with Crippen LogP contribution in [0.4, 0.5) is 5.00 Å². The number of nitrogens with one attached hydrogen (secondary N) is 1. The number of aryl methyl sites for hydroxylation is 2. The van der Waals surface area contributed by atoms with Crippen molar-refractivity contribution in [1.29, 1.82) is 0 Å². The Bertz CT molecular complexity index is 939. The highest BCUT2D eigenvalue weighted by Gasteiger charge is 2.32.